The number of ether oxygens (including phenoxy) is 1. The van der Waals surface area contributed by atoms with Gasteiger partial charge in [-0.1, -0.05) is 0 Å². The molecule has 0 atom stereocenters. The molecule has 1 rings (SSSR count). The van der Waals surface area contributed by atoms with Crippen molar-refractivity contribution in [2.24, 2.45) is 0 Å². The second-order valence-corrected chi connectivity index (χ2v) is 2.82. The fourth-order valence-corrected chi connectivity index (χ4v) is 1.18. The highest BCUT2D eigenvalue weighted by molar-refractivity contribution is 5.95. The van der Waals surface area contributed by atoms with E-state index < -0.39 is 11.7 Å². The third kappa shape index (κ3) is 1.44. The Morgan fingerprint density at radius 1 is 1.57 bits per heavy atom. The standard InChI is InChI=1S/C9H11NO4/c1-4-5(10)3-6(14-2)8(11)7(4)9(12)13/h3,11H,10H2,1-2H3,(H,12,13). The maximum atomic E-state index is 10.8. The topological polar surface area (TPSA) is 92.8 Å². The Balaban J connectivity index is 3.53. The number of nitrogens with two attached hydrogens (primary N) is 1. The Kier molecular flexibility index (Phi) is 2.51. The Labute approximate surface area is 80.7 Å². The lowest BCUT2D eigenvalue weighted by Crippen LogP contribution is -2.04. The van der Waals surface area contributed by atoms with Gasteiger partial charge in [0.15, 0.2) is 11.5 Å². The van der Waals surface area contributed by atoms with Crippen LogP contribution in [0.4, 0.5) is 5.69 Å². The van der Waals surface area contributed by atoms with Gasteiger partial charge in [0, 0.05) is 11.8 Å². The lowest BCUT2D eigenvalue weighted by molar-refractivity contribution is 0.0692. The van der Waals surface area contributed by atoms with Crippen LogP contribution in [-0.2, 0) is 0 Å². The van der Waals surface area contributed by atoms with Crippen molar-refractivity contribution >= 4 is 11.7 Å². The molecule has 1 aromatic rings. The molecular weight excluding hydrogens is 186 g/mol. The molecule has 5 heteroatoms. The molecule has 0 aliphatic heterocycles. The zero-order chi connectivity index (χ0) is 10.9. The van der Waals surface area contributed by atoms with E-state index in [0.29, 0.717) is 5.56 Å². The van der Waals surface area contributed by atoms with Crippen molar-refractivity contribution in [3.8, 4) is 11.5 Å². The number of rotatable bonds is 2. The first-order chi connectivity index (χ1) is 6.49. The van der Waals surface area contributed by atoms with Gasteiger partial charge in [0.1, 0.15) is 5.56 Å². The number of hydrogen-bond donors (Lipinski definition) is 3. The lowest BCUT2D eigenvalue weighted by Gasteiger charge is -2.10. The summed E-state index contributed by atoms with van der Waals surface area (Å²) < 4.78 is 4.78. The highest BCUT2D eigenvalue weighted by Gasteiger charge is 2.19. The molecule has 76 valence electrons. The molecule has 0 unspecified atom stereocenters. The van der Waals surface area contributed by atoms with Crippen LogP contribution in [0, 0.1) is 6.92 Å². The predicted molar refractivity (Wildman–Crippen MR) is 50.8 cm³/mol. The maximum absolute atomic E-state index is 10.8. The molecule has 0 aromatic heterocycles. The van der Waals surface area contributed by atoms with E-state index in [1.165, 1.54) is 20.1 Å². The van der Waals surface area contributed by atoms with Gasteiger partial charge >= 0.3 is 5.97 Å². The van der Waals surface area contributed by atoms with Gasteiger partial charge in [-0.3, -0.25) is 0 Å². The van der Waals surface area contributed by atoms with E-state index in [2.05, 4.69) is 0 Å². The van der Waals surface area contributed by atoms with Gasteiger partial charge in [-0.05, 0) is 12.5 Å². The molecule has 0 aliphatic rings. The van der Waals surface area contributed by atoms with Crippen molar-refractivity contribution in [1.29, 1.82) is 0 Å². The molecule has 5 nitrogen and oxygen atoms in total. The summed E-state index contributed by atoms with van der Waals surface area (Å²) in [6.07, 6.45) is 0. The van der Waals surface area contributed by atoms with Crippen molar-refractivity contribution in [2.75, 3.05) is 12.8 Å². The minimum atomic E-state index is -1.23. The average Bonchev–Trinajstić information content (AvgIpc) is 2.11. The smallest absolute Gasteiger partial charge is 0.339 e. The van der Waals surface area contributed by atoms with Crippen molar-refractivity contribution < 1.29 is 19.7 Å². The largest absolute Gasteiger partial charge is 0.504 e. The summed E-state index contributed by atoms with van der Waals surface area (Å²) in [5.74, 6) is -1.57. The molecule has 0 saturated carbocycles. The summed E-state index contributed by atoms with van der Waals surface area (Å²) in [5, 5.41) is 18.3. The first kappa shape index (κ1) is 10.2. The van der Waals surface area contributed by atoms with Crippen LogP contribution >= 0.6 is 0 Å². The summed E-state index contributed by atoms with van der Waals surface area (Å²) in [7, 11) is 1.33. The van der Waals surface area contributed by atoms with Gasteiger partial charge in [0.05, 0.1) is 7.11 Å². The molecule has 0 fully saturated rings. The normalized spacial score (nSPS) is 9.86. The fourth-order valence-electron chi connectivity index (χ4n) is 1.18. The van der Waals surface area contributed by atoms with E-state index in [1.807, 2.05) is 0 Å². The minimum Gasteiger partial charge on any atom is -0.504 e. The highest BCUT2D eigenvalue weighted by atomic mass is 16.5. The van der Waals surface area contributed by atoms with E-state index >= 15 is 0 Å². The van der Waals surface area contributed by atoms with Crippen molar-refractivity contribution in [2.45, 2.75) is 6.92 Å². The molecule has 0 amide bonds. The minimum absolute atomic E-state index is 0.0606. The number of phenols is 1. The molecule has 0 spiro atoms. The average molecular weight is 197 g/mol. The molecule has 0 bridgehead atoms. The summed E-state index contributed by atoms with van der Waals surface area (Å²) in [4.78, 5) is 10.8. The van der Waals surface area contributed by atoms with Crippen LogP contribution in [0.15, 0.2) is 6.07 Å². The van der Waals surface area contributed by atoms with E-state index in [1.54, 1.807) is 0 Å². The molecular formula is C9H11NO4. The molecule has 0 saturated heterocycles. The Bertz CT molecular complexity index is 387. The van der Waals surface area contributed by atoms with Gasteiger partial charge in [0.25, 0.3) is 0 Å². The van der Waals surface area contributed by atoms with Crippen molar-refractivity contribution in [1.82, 2.24) is 0 Å². The number of methoxy groups -OCH3 is 1. The number of carbonyl (C=O) groups is 1. The van der Waals surface area contributed by atoms with Crippen LogP contribution in [0.25, 0.3) is 0 Å². The van der Waals surface area contributed by atoms with Crippen LogP contribution in [0.5, 0.6) is 11.5 Å². The molecule has 0 heterocycles. The Morgan fingerprint density at radius 2 is 2.14 bits per heavy atom. The predicted octanol–water partition coefficient (Wildman–Crippen LogP) is 0.990. The van der Waals surface area contributed by atoms with E-state index in [0.717, 1.165) is 0 Å². The third-order valence-electron chi connectivity index (χ3n) is 2.00. The van der Waals surface area contributed by atoms with Gasteiger partial charge in [-0.15, -0.1) is 0 Å². The van der Waals surface area contributed by atoms with Crippen LogP contribution < -0.4 is 10.5 Å². The second-order valence-electron chi connectivity index (χ2n) is 2.82. The number of carboxylic acid groups (broad SMARTS) is 1. The van der Waals surface area contributed by atoms with E-state index in [-0.39, 0.29) is 17.0 Å². The summed E-state index contributed by atoms with van der Waals surface area (Å²) >= 11 is 0. The first-order valence-corrected chi connectivity index (χ1v) is 3.88. The fraction of sp³-hybridized carbons (Fsp3) is 0.222. The summed E-state index contributed by atoms with van der Waals surface area (Å²) in [6.45, 7) is 1.53. The molecule has 0 radical (unpaired) electrons. The third-order valence-corrected chi connectivity index (χ3v) is 2.00. The van der Waals surface area contributed by atoms with Crippen LogP contribution in [0.2, 0.25) is 0 Å². The quantitative estimate of drug-likeness (QED) is 0.485. The summed E-state index contributed by atoms with van der Waals surface area (Å²) in [5.41, 5.74) is 5.93. The molecule has 14 heavy (non-hydrogen) atoms. The van der Waals surface area contributed by atoms with Crippen molar-refractivity contribution in [3.05, 3.63) is 17.2 Å². The maximum Gasteiger partial charge on any atom is 0.339 e. The number of anilines is 1. The lowest BCUT2D eigenvalue weighted by atomic mass is 10.1. The van der Waals surface area contributed by atoms with Crippen molar-refractivity contribution in [3.63, 3.8) is 0 Å². The van der Waals surface area contributed by atoms with Gasteiger partial charge < -0.3 is 20.7 Å². The zero-order valence-electron chi connectivity index (χ0n) is 7.87. The number of aromatic carboxylic acids is 1. The van der Waals surface area contributed by atoms with E-state index in [4.69, 9.17) is 15.6 Å². The van der Waals surface area contributed by atoms with Crippen LogP contribution in [0.3, 0.4) is 0 Å². The van der Waals surface area contributed by atoms with Gasteiger partial charge in [-0.2, -0.15) is 0 Å². The first-order valence-electron chi connectivity index (χ1n) is 3.88. The van der Waals surface area contributed by atoms with Crippen LogP contribution in [-0.4, -0.2) is 23.3 Å². The monoisotopic (exact) mass is 197 g/mol. The van der Waals surface area contributed by atoms with Gasteiger partial charge in [0.2, 0.25) is 0 Å². The number of carboxylic acids is 1. The summed E-state index contributed by atoms with van der Waals surface area (Å²) in [6, 6.07) is 1.39. The number of aromatic hydroxyl groups is 1. The second kappa shape index (κ2) is 3.45. The highest BCUT2D eigenvalue weighted by Crippen LogP contribution is 2.35. The molecule has 4 N–H and O–H groups in total. The SMILES string of the molecule is COc1cc(N)c(C)c(C(=O)O)c1O. The molecule has 1 aromatic carbocycles. The number of nitrogen functional groups attached to an aromatic ring is 1. The Morgan fingerprint density at radius 3 is 2.57 bits per heavy atom. The number of benzene rings is 1. The molecule has 0 aliphatic carbocycles. The Hall–Kier alpha value is -1.91. The zero-order valence-corrected chi connectivity index (χ0v) is 7.87. The van der Waals surface area contributed by atoms with E-state index in [9.17, 15) is 9.90 Å². The van der Waals surface area contributed by atoms with Crippen LogP contribution in [0.1, 0.15) is 15.9 Å². The number of hydrogen-bond acceptors (Lipinski definition) is 4. The van der Waals surface area contributed by atoms with Gasteiger partial charge in [-0.25, -0.2) is 4.79 Å².